The van der Waals surface area contributed by atoms with E-state index >= 15 is 0 Å². The Bertz CT molecular complexity index is 1160. The predicted octanol–water partition coefficient (Wildman–Crippen LogP) is 4.13. The number of aromatic nitrogens is 1. The van der Waals surface area contributed by atoms with Crippen LogP contribution < -0.4 is 14.8 Å². The molecule has 1 N–H and O–H groups in total. The van der Waals surface area contributed by atoms with Gasteiger partial charge in [0.1, 0.15) is 24.7 Å². The van der Waals surface area contributed by atoms with Crippen molar-refractivity contribution in [3.05, 3.63) is 72.8 Å². The number of nitrogens with one attached hydrogen (secondary N) is 1. The highest BCUT2D eigenvalue weighted by Crippen LogP contribution is 2.28. The minimum Gasteiger partial charge on any atom is -0.492 e. The lowest BCUT2D eigenvalue weighted by Crippen LogP contribution is -2.32. The molecule has 3 aromatic carbocycles. The summed E-state index contributed by atoms with van der Waals surface area (Å²) in [5.41, 5.74) is 2.35. The van der Waals surface area contributed by atoms with Crippen LogP contribution in [0.1, 0.15) is 0 Å². The van der Waals surface area contributed by atoms with Gasteiger partial charge in [0.15, 0.2) is 0 Å². The first-order valence-electron chi connectivity index (χ1n) is 9.87. The number of carbonyl (C=O) groups is 2. The molecule has 1 aromatic heterocycles. The monoisotopic (exact) mass is 418 g/mol. The van der Waals surface area contributed by atoms with Gasteiger partial charge in [-0.05, 0) is 36.4 Å². The Kier molecular flexibility index (Phi) is 6.03. The molecule has 7 nitrogen and oxygen atoms in total. The lowest BCUT2D eigenvalue weighted by molar-refractivity contribution is -0.139. The van der Waals surface area contributed by atoms with Gasteiger partial charge in [-0.1, -0.05) is 36.4 Å². The molecule has 7 heteroatoms. The van der Waals surface area contributed by atoms with Crippen LogP contribution >= 0.6 is 0 Å². The standard InChI is InChI=1S/C24H22N2O5/c1-29-23(27)16-25-24(28)31-18-12-10-17(11-13-18)30-15-14-26-21-8-4-2-6-19(21)20-7-3-5-9-22(20)26/h2-13H,14-16H2,1H3,(H,25,28). The molecule has 0 aliphatic rings. The van der Waals surface area contributed by atoms with Crippen molar-refractivity contribution in [2.24, 2.45) is 0 Å². The molecule has 0 aliphatic heterocycles. The van der Waals surface area contributed by atoms with Gasteiger partial charge in [0.2, 0.25) is 0 Å². The first-order valence-corrected chi connectivity index (χ1v) is 9.87. The van der Waals surface area contributed by atoms with E-state index in [1.165, 1.54) is 28.9 Å². The van der Waals surface area contributed by atoms with E-state index in [2.05, 4.69) is 51.0 Å². The number of carbonyl (C=O) groups excluding carboxylic acids is 2. The maximum Gasteiger partial charge on any atom is 0.413 e. The number of methoxy groups -OCH3 is 1. The number of nitrogens with zero attached hydrogens (tertiary/aromatic N) is 1. The number of esters is 1. The highest BCUT2D eigenvalue weighted by molar-refractivity contribution is 6.07. The Hall–Kier alpha value is -4.00. The average Bonchev–Trinajstić information content (AvgIpc) is 3.12. The highest BCUT2D eigenvalue weighted by Gasteiger charge is 2.10. The third-order valence-corrected chi connectivity index (χ3v) is 4.90. The fourth-order valence-corrected chi connectivity index (χ4v) is 3.46. The van der Waals surface area contributed by atoms with Crippen LogP contribution in [0.5, 0.6) is 11.5 Å². The van der Waals surface area contributed by atoms with Crippen LogP contribution in [0, 0.1) is 0 Å². The van der Waals surface area contributed by atoms with Gasteiger partial charge in [0.25, 0.3) is 0 Å². The Morgan fingerprint density at radius 1 is 0.839 bits per heavy atom. The number of benzene rings is 3. The summed E-state index contributed by atoms with van der Waals surface area (Å²) in [6.45, 7) is 0.935. The van der Waals surface area contributed by atoms with Crippen LogP contribution in [-0.4, -0.2) is 36.9 Å². The third-order valence-electron chi connectivity index (χ3n) is 4.90. The van der Waals surface area contributed by atoms with Gasteiger partial charge in [-0.2, -0.15) is 0 Å². The molecule has 0 bridgehead atoms. The van der Waals surface area contributed by atoms with Crippen molar-refractivity contribution >= 4 is 33.9 Å². The molecule has 0 saturated carbocycles. The topological polar surface area (TPSA) is 78.8 Å². The number of amides is 1. The predicted molar refractivity (Wildman–Crippen MR) is 117 cm³/mol. The molecular weight excluding hydrogens is 396 g/mol. The van der Waals surface area contributed by atoms with E-state index < -0.39 is 12.1 Å². The smallest absolute Gasteiger partial charge is 0.413 e. The van der Waals surface area contributed by atoms with Crippen LogP contribution in [0.4, 0.5) is 4.79 Å². The van der Waals surface area contributed by atoms with Crippen LogP contribution in [0.2, 0.25) is 0 Å². The first-order chi connectivity index (χ1) is 15.2. The summed E-state index contributed by atoms with van der Waals surface area (Å²) in [4.78, 5) is 22.7. The van der Waals surface area contributed by atoms with Crippen molar-refractivity contribution in [2.75, 3.05) is 20.3 Å². The first kappa shape index (κ1) is 20.3. The molecule has 0 aliphatic carbocycles. The van der Waals surface area contributed by atoms with E-state index in [-0.39, 0.29) is 6.54 Å². The van der Waals surface area contributed by atoms with Gasteiger partial charge in [-0.25, -0.2) is 4.79 Å². The van der Waals surface area contributed by atoms with Gasteiger partial charge in [-0.3, -0.25) is 4.79 Å². The van der Waals surface area contributed by atoms with Crippen LogP contribution in [0.25, 0.3) is 21.8 Å². The molecule has 0 unspecified atom stereocenters. The van der Waals surface area contributed by atoms with Crippen LogP contribution in [0.3, 0.4) is 0 Å². The van der Waals surface area contributed by atoms with Gasteiger partial charge < -0.3 is 24.1 Å². The average molecular weight is 418 g/mol. The van der Waals surface area contributed by atoms with Crippen molar-refractivity contribution in [1.29, 1.82) is 0 Å². The number of fused-ring (bicyclic) bond motifs is 3. The number of rotatable bonds is 7. The Balaban J connectivity index is 1.36. The second-order valence-electron chi connectivity index (χ2n) is 6.83. The van der Waals surface area contributed by atoms with Crippen molar-refractivity contribution < 1.29 is 23.8 Å². The summed E-state index contributed by atoms with van der Waals surface area (Å²) in [6.07, 6.45) is -0.731. The van der Waals surface area contributed by atoms with Crippen LogP contribution in [0.15, 0.2) is 72.8 Å². The molecule has 1 amide bonds. The second-order valence-corrected chi connectivity index (χ2v) is 6.83. The number of para-hydroxylation sites is 2. The number of hydrogen-bond donors (Lipinski definition) is 1. The van der Waals surface area contributed by atoms with Gasteiger partial charge >= 0.3 is 12.1 Å². The normalized spacial score (nSPS) is 10.7. The van der Waals surface area contributed by atoms with Crippen molar-refractivity contribution in [2.45, 2.75) is 6.54 Å². The van der Waals surface area contributed by atoms with E-state index in [9.17, 15) is 9.59 Å². The minimum atomic E-state index is -0.731. The van der Waals surface area contributed by atoms with Crippen molar-refractivity contribution in [3.63, 3.8) is 0 Å². The Labute approximate surface area is 179 Å². The van der Waals surface area contributed by atoms with Crippen molar-refractivity contribution in [3.8, 4) is 11.5 Å². The maximum atomic E-state index is 11.7. The minimum absolute atomic E-state index is 0.251. The summed E-state index contributed by atoms with van der Waals surface area (Å²) in [5.74, 6) is 0.462. The molecule has 4 aromatic rings. The van der Waals surface area contributed by atoms with E-state index in [0.29, 0.717) is 24.7 Å². The lowest BCUT2D eigenvalue weighted by Gasteiger charge is -2.10. The molecule has 0 atom stereocenters. The molecule has 0 fully saturated rings. The van der Waals surface area contributed by atoms with Crippen LogP contribution in [-0.2, 0) is 16.1 Å². The molecule has 4 rings (SSSR count). The SMILES string of the molecule is COC(=O)CNC(=O)Oc1ccc(OCCn2c3ccccc3c3ccccc32)cc1. The van der Waals surface area contributed by atoms with E-state index in [1.807, 2.05) is 12.1 Å². The maximum absolute atomic E-state index is 11.7. The second kappa shape index (κ2) is 9.21. The largest absolute Gasteiger partial charge is 0.492 e. The number of ether oxygens (including phenoxy) is 3. The van der Waals surface area contributed by atoms with E-state index in [1.54, 1.807) is 24.3 Å². The molecule has 158 valence electrons. The summed E-state index contributed by atoms with van der Waals surface area (Å²) in [7, 11) is 1.25. The van der Waals surface area contributed by atoms with Gasteiger partial charge in [-0.15, -0.1) is 0 Å². The molecule has 0 saturated heterocycles. The molecule has 1 heterocycles. The summed E-state index contributed by atoms with van der Waals surface area (Å²) in [6, 6.07) is 23.4. The van der Waals surface area contributed by atoms with E-state index in [0.717, 1.165) is 0 Å². The lowest BCUT2D eigenvalue weighted by atomic mass is 10.2. The highest BCUT2D eigenvalue weighted by atomic mass is 16.6. The fraction of sp³-hybridized carbons (Fsp3) is 0.167. The number of hydrogen-bond acceptors (Lipinski definition) is 5. The van der Waals surface area contributed by atoms with Gasteiger partial charge in [0.05, 0.1) is 13.7 Å². The van der Waals surface area contributed by atoms with Crippen molar-refractivity contribution in [1.82, 2.24) is 9.88 Å². The fourth-order valence-electron chi connectivity index (χ4n) is 3.46. The zero-order valence-corrected chi connectivity index (χ0v) is 17.0. The Morgan fingerprint density at radius 3 is 2.03 bits per heavy atom. The quantitative estimate of drug-likeness (QED) is 0.457. The zero-order valence-electron chi connectivity index (χ0n) is 17.0. The zero-order chi connectivity index (χ0) is 21.6. The van der Waals surface area contributed by atoms with E-state index in [4.69, 9.17) is 9.47 Å². The molecule has 31 heavy (non-hydrogen) atoms. The third kappa shape index (κ3) is 4.61. The summed E-state index contributed by atoms with van der Waals surface area (Å²) >= 11 is 0. The van der Waals surface area contributed by atoms with Gasteiger partial charge in [0, 0.05) is 21.8 Å². The summed E-state index contributed by atoms with van der Waals surface area (Å²) < 4.78 is 17.7. The molecule has 0 spiro atoms. The molecular formula is C24H22N2O5. The molecule has 0 radical (unpaired) electrons. The Morgan fingerprint density at radius 2 is 1.42 bits per heavy atom. The summed E-state index contributed by atoms with van der Waals surface area (Å²) in [5, 5.41) is 4.76.